The third-order valence-corrected chi connectivity index (χ3v) is 6.02. The minimum Gasteiger partial charge on any atom is -0.508 e. The quantitative estimate of drug-likeness (QED) is 0.350. The van der Waals surface area contributed by atoms with E-state index < -0.39 is 5.97 Å². The highest BCUT2D eigenvalue weighted by Gasteiger charge is 2.25. The fraction of sp³-hybridized carbons (Fsp3) is 0.407. The van der Waals surface area contributed by atoms with Gasteiger partial charge >= 0.3 is 5.97 Å². The van der Waals surface area contributed by atoms with Gasteiger partial charge in [0.25, 0.3) is 0 Å². The first-order valence-corrected chi connectivity index (χ1v) is 12.0. The van der Waals surface area contributed by atoms with Gasteiger partial charge in [-0.25, -0.2) is 9.37 Å². The molecule has 0 unspecified atom stereocenters. The van der Waals surface area contributed by atoms with E-state index in [1.807, 2.05) is 6.07 Å². The Kier molecular flexibility index (Phi) is 9.05. The van der Waals surface area contributed by atoms with Gasteiger partial charge in [-0.2, -0.15) is 0 Å². The van der Waals surface area contributed by atoms with Crippen LogP contribution in [0.4, 0.5) is 4.39 Å². The Labute approximate surface area is 208 Å². The van der Waals surface area contributed by atoms with Crippen molar-refractivity contribution in [3.05, 3.63) is 54.0 Å². The minimum atomic E-state index is -0.902. The van der Waals surface area contributed by atoms with Gasteiger partial charge in [-0.1, -0.05) is 12.1 Å². The molecule has 3 aromatic rings. The lowest BCUT2D eigenvalue weighted by Gasteiger charge is -2.26. The summed E-state index contributed by atoms with van der Waals surface area (Å²) in [7, 11) is 0. The number of hydrogen-bond acceptors (Lipinski definition) is 7. The Balaban J connectivity index is 1.55. The lowest BCUT2D eigenvalue weighted by atomic mass is 9.87. The number of fused-ring (bicyclic) bond motifs is 1. The molecule has 0 radical (unpaired) electrons. The average molecular weight is 500 g/mol. The first kappa shape index (κ1) is 25.8. The molecule has 0 spiro atoms. The summed E-state index contributed by atoms with van der Waals surface area (Å²) in [6.45, 7) is 2.55. The highest BCUT2D eigenvalue weighted by atomic mass is 19.1. The summed E-state index contributed by atoms with van der Waals surface area (Å²) in [5.41, 5.74) is 2.61. The Morgan fingerprint density at radius 1 is 0.972 bits per heavy atom. The van der Waals surface area contributed by atoms with Crippen LogP contribution >= 0.6 is 0 Å². The van der Waals surface area contributed by atoms with Crippen LogP contribution in [0.1, 0.15) is 30.9 Å². The predicted molar refractivity (Wildman–Crippen MR) is 131 cm³/mol. The number of aromatic nitrogens is 1. The minimum absolute atomic E-state index is 0.0436. The molecular weight excluding hydrogens is 469 g/mol. The van der Waals surface area contributed by atoms with Gasteiger partial charge in [0.2, 0.25) is 5.88 Å². The van der Waals surface area contributed by atoms with Crippen LogP contribution < -0.4 is 4.74 Å². The second kappa shape index (κ2) is 12.6. The number of pyridine rings is 1. The average Bonchev–Trinajstić information content (AvgIpc) is 2.88. The van der Waals surface area contributed by atoms with Gasteiger partial charge in [0.05, 0.1) is 38.5 Å². The molecule has 0 aliphatic carbocycles. The molecule has 8 nitrogen and oxygen atoms in total. The van der Waals surface area contributed by atoms with Crippen molar-refractivity contribution >= 4 is 16.7 Å². The van der Waals surface area contributed by atoms with Crippen LogP contribution in [0.2, 0.25) is 0 Å². The Hall–Kier alpha value is -3.27. The van der Waals surface area contributed by atoms with Crippen LogP contribution in [0.5, 0.6) is 11.6 Å². The summed E-state index contributed by atoms with van der Waals surface area (Å²) in [5, 5.41) is 20.3. The maximum atomic E-state index is 13.7. The zero-order valence-electron chi connectivity index (χ0n) is 20.0. The molecule has 192 valence electrons. The number of aromatic hydroxyl groups is 1. The number of halogens is 1. The Morgan fingerprint density at radius 3 is 2.39 bits per heavy atom. The third-order valence-electron chi connectivity index (χ3n) is 6.02. The molecule has 36 heavy (non-hydrogen) atoms. The third kappa shape index (κ3) is 6.69. The van der Waals surface area contributed by atoms with E-state index in [0.29, 0.717) is 37.7 Å². The van der Waals surface area contributed by atoms with Gasteiger partial charge in [-0.3, -0.25) is 4.79 Å². The number of carboxylic acids is 1. The molecule has 1 aromatic heterocycles. The van der Waals surface area contributed by atoms with Crippen molar-refractivity contribution in [1.29, 1.82) is 0 Å². The molecule has 1 aliphatic heterocycles. The second-order valence-corrected chi connectivity index (χ2v) is 8.52. The molecule has 9 heteroatoms. The van der Waals surface area contributed by atoms with E-state index in [2.05, 4.69) is 0 Å². The molecule has 4 rings (SSSR count). The maximum Gasteiger partial charge on any atom is 0.305 e. The van der Waals surface area contributed by atoms with E-state index in [-0.39, 0.29) is 43.7 Å². The SMILES string of the molecule is O=C(O)CCOCCOCCOc1nc(C2CCOCC2)c(-c2ccc(F)cc2)c2ccc(O)cc12. The molecule has 0 amide bonds. The number of hydrogen-bond donors (Lipinski definition) is 2. The van der Waals surface area contributed by atoms with Gasteiger partial charge < -0.3 is 29.2 Å². The summed E-state index contributed by atoms with van der Waals surface area (Å²) in [4.78, 5) is 15.4. The zero-order valence-corrected chi connectivity index (χ0v) is 20.0. The molecule has 1 fully saturated rings. The number of rotatable bonds is 12. The number of phenols is 1. The van der Waals surface area contributed by atoms with Crippen molar-refractivity contribution < 1.29 is 38.3 Å². The highest BCUT2D eigenvalue weighted by Crippen LogP contribution is 2.42. The standard InChI is InChI=1S/C27H30FNO7/c28-20-3-1-18(2-4-20)25-22-6-5-21(30)17-23(22)27(29-26(25)19-7-10-33-11-8-19)36-16-15-35-14-13-34-12-9-24(31)32/h1-6,17,19,30H,7-16H2,(H,31,32). The summed E-state index contributed by atoms with van der Waals surface area (Å²) in [6, 6.07) is 11.4. The number of carbonyl (C=O) groups is 1. The molecule has 1 aliphatic rings. The highest BCUT2D eigenvalue weighted by molar-refractivity contribution is 6.01. The molecule has 1 saturated heterocycles. The number of ether oxygens (including phenoxy) is 4. The van der Waals surface area contributed by atoms with Crippen molar-refractivity contribution in [2.45, 2.75) is 25.2 Å². The van der Waals surface area contributed by atoms with E-state index in [4.69, 9.17) is 29.0 Å². The summed E-state index contributed by atoms with van der Waals surface area (Å²) in [5.74, 6) is -0.574. The molecule has 0 atom stereocenters. The zero-order chi connectivity index (χ0) is 25.3. The van der Waals surface area contributed by atoms with Crippen LogP contribution in [-0.4, -0.2) is 67.4 Å². The molecular formula is C27H30FNO7. The number of nitrogens with zero attached hydrogens (tertiary/aromatic N) is 1. The largest absolute Gasteiger partial charge is 0.508 e. The van der Waals surface area contributed by atoms with E-state index in [1.54, 1.807) is 24.3 Å². The van der Waals surface area contributed by atoms with Crippen molar-refractivity contribution in [2.24, 2.45) is 0 Å². The van der Waals surface area contributed by atoms with Crippen LogP contribution in [0.15, 0.2) is 42.5 Å². The van der Waals surface area contributed by atoms with Crippen molar-refractivity contribution in [3.8, 4) is 22.8 Å². The number of phenolic OH excluding ortho intramolecular Hbond substituents is 1. The van der Waals surface area contributed by atoms with E-state index in [9.17, 15) is 14.3 Å². The normalized spacial score (nSPS) is 14.2. The van der Waals surface area contributed by atoms with Crippen LogP contribution in [0.3, 0.4) is 0 Å². The number of carboxylic acid groups (broad SMARTS) is 1. The van der Waals surface area contributed by atoms with Gasteiger partial charge in [0, 0.05) is 30.1 Å². The lowest BCUT2D eigenvalue weighted by molar-refractivity contribution is -0.138. The topological polar surface area (TPSA) is 107 Å². The summed E-state index contributed by atoms with van der Waals surface area (Å²) in [6.07, 6.45) is 1.59. The molecule has 2 heterocycles. The van der Waals surface area contributed by atoms with Crippen molar-refractivity contribution in [3.63, 3.8) is 0 Å². The summed E-state index contributed by atoms with van der Waals surface area (Å²) >= 11 is 0. The fourth-order valence-corrected chi connectivity index (χ4v) is 4.27. The van der Waals surface area contributed by atoms with E-state index in [0.717, 1.165) is 35.0 Å². The van der Waals surface area contributed by atoms with Crippen LogP contribution in [0.25, 0.3) is 21.9 Å². The van der Waals surface area contributed by atoms with Crippen molar-refractivity contribution in [1.82, 2.24) is 4.98 Å². The van der Waals surface area contributed by atoms with E-state index >= 15 is 0 Å². The van der Waals surface area contributed by atoms with Gasteiger partial charge in [-0.05, 0) is 54.1 Å². The molecule has 0 bridgehead atoms. The number of benzene rings is 2. The predicted octanol–water partition coefficient (Wildman–Crippen LogP) is 4.53. The van der Waals surface area contributed by atoms with Gasteiger partial charge in [0.1, 0.15) is 18.2 Å². The van der Waals surface area contributed by atoms with Crippen LogP contribution in [-0.2, 0) is 19.0 Å². The Bertz CT molecular complexity index is 1160. The monoisotopic (exact) mass is 499 g/mol. The first-order chi connectivity index (χ1) is 17.5. The molecule has 2 aromatic carbocycles. The number of aliphatic carboxylic acids is 1. The fourth-order valence-electron chi connectivity index (χ4n) is 4.27. The van der Waals surface area contributed by atoms with E-state index in [1.165, 1.54) is 12.1 Å². The van der Waals surface area contributed by atoms with Crippen LogP contribution in [0, 0.1) is 5.82 Å². The lowest BCUT2D eigenvalue weighted by Crippen LogP contribution is -2.17. The van der Waals surface area contributed by atoms with Crippen molar-refractivity contribution in [2.75, 3.05) is 46.2 Å². The Morgan fingerprint density at radius 2 is 1.67 bits per heavy atom. The molecule has 0 saturated carbocycles. The van der Waals surface area contributed by atoms with Gasteiger partial charge in [-0.15, -0.1) is 0 Å². The first-order valence-electron chi connectivity index (χ1n) is 12.0. The molecule has 2 N–H and O–H groups in total. The summed E-state index contributed by atoms with van der Waals surface area (Å²) < 4.78 is 36.0. The van der Waals surface area contributed by atoms with Gasteiger partial charge in [0.15, 0.2) is 0 Å². The second-order valence-electron chi connectivity index (χ2n) is 8.52. The smallest absolute Gasteiger partial charge is 0.305 e. The maximum absolute atomic E-state index is 13.7.